The van der Waals surface area contributed by atoms with Gasteiger partial charge in [0.05, 0.1) is 33.8 Å². The third-order valence-corrected chi connectivity index (χ3v) is 11.1. The van der Waals surface area contributed by atoms with Gasteiger partial charge in [0, 0.05) is 29.2 Å². The van der Waals surface area contributed by atoms with E-state index >= 15 is 4.79 Å². The van der Waals surface area contributed by atoms with Crippen molar-refractivity contribution >= 4 is 52.6 Å². The number of hydrazine groups is 1. The monoisotopic (exact) mass is 712 g/mol. The Bertz CT molecular complexity index is 1970. The predicted octanol–water partition coefficient (Wildman–Crippen LogP) is 6.43. The molecule has 7 rings (SSSR count). The zero-order valence-corrected chi connectivity index (χ0v) is 27.6. The van der Waals surface area contributed by atoms with Gasteiger partial charge in [-0.05, 0) is 61.9 Å². The first-order valence-electron chi connectivity index (χ1n) is 15.7. The molecule has 3 heterocycles. The minimum Gasteiger partial charge on any atom is -0.507 e. The first-order chi connectivity index (χ1) is 23.2. The molecule has 0 radical (unpaired) electrons. The number of carbonyl (C=O) groups excluding carboxylic acids is 4. The highest BCUT2D eigenvalue weighted by atomic mass is 35.5. The molecule has 9 nitrogen and oxygen atoms in total. The van der Waals surface area contributed by atoms with Crippen molar-refractivity contribution in [2.24, 2.45) is 23.7 Å². The number of aryl methyl sites for hydroxylation is 1. The summed E-state index contributed by atoms with van der Waals surface area (Å²) in [6.07, 6.45) is -2.13. The van der Waals surface area contributed by atoms with E-state index in [4.69, 9.17) is 23.2 Å². The lowest BCUT2D eigenvalue weighted by molar-refractivity contribution is -0.141. The van der Waals surface area contributed by atoms with E-state index in [1.807, 2.05) is 6.08 Å². The van der Waals surface area contributed by atoms with E-state index in [9.17, 15) is 32.7 Å². The van der Waals surface area contributed by atoms with Gasteiger partial charge in [0.1, 0.15) is 5.75 Å². The van der Waals surface area contributed by atoms with Gasteiger partial charge < -0.3 is 5.11 Å². The number of para-hydroxylation sites is 1. The van der Waals surface area contributed by atoms with E-state index in [1.165, 1.54) is 4.90 Å². The number of alkyl halides is 3. The fourth-order valence-electron chi connectivity index (χ4n) is 8.42. The molecule has 14 heteroatoms. The maximum absolute atomic E-state index is 15.1. The molecule has 3 aromatic rings. The molecule has 2 N–H and O–H groups in total. The number of rotatable bonds is 5. The molecule has 1 aromatic heterocycles. The second kappa shape index (κ2) is 11.6. The van der Waals surface area contributed by atoms with E-state index in [1.54, 1.807) is 56.3 Å². The third kappa shape index (κ3) is 4.78. The van der Waals surface area contributed by atoms with Crippen molar-refractivity contribution in [3.8, 4) is 5.75 Å². The van der Waals surface area contributed by atoms with Crippen LogP contribution in [0.5, 0.6) is 5.75 Å². The van der Waals surface area contributed by atoms with E-state index in [-0.39, 0.29) is 42.8 Å². The highest BCUT2D eigenvalue weighted by Gasteiger charge is 2.70. The van der Waals surface area contributed by atoms with Gasteiger partial charge in [-0.25, -0.2) is 4.98 Å². The van der Waals surface area contributed by atoms with Gasteiger partial charge in [-0.2, -0.15) is 18.2 Å². The number of allylic oxidation sites excluding steroid dienone is 2. The summed E-state index contributed by atoms with van der Waals surface area (Å²) in [6.45, 7) is 3.59. The maximum atomic E-state index is 15.1. The van der Waals surface area contributed by atoms with Crippen LogP contribution in [0, 0.1) is 30.6 Å². The second-order valence-corrected chi connectivity index (χ2v) is 13.7. The Hall–Kier alpha value is -4.42. The third-order valence-electron chi connectivity index (χ3n) is 10.5. The van der Waals surface area contributed by atoms with Gasteiger partial charge in [0.25, 0.3) is 11.8 Å². The summed E-state index contributed by atoms with van der Waals surface area (Å²) in [4.78, 5) is 61.9. The number of anilines is 1. The molecular weight excluding hydrogens is 684 g/mol. The zero-order chi connectivity index (χ0) is 35.2. The Balaban J connectivity index is 1.45. The number of hydrogen-bond donors (Lipinski definition) is 2. The van der Waals surface area contributed by atoms with Crippen LogP contribution >= 0.6 is 23.2 Å². The number of amides is 4. The number of nitrogens with zero attached hydrogens (tertiary/aromatic N) is 3. The molecule has 0 bridgehead atoms. The molecule has 254 valence electrons. The van der Waals surface area contributed by atoms with Crippen molar-refractivity contribution in [1.29, 1.82) is 0 Å². The van der Waals surface area contributed by atoms with Crippen molar-refractivity contribution in [3.05, 3.63) is 98.7 Å². The van der Waals surface area contributed by atoms with Crippen LogP contribution in [0.3, 0.4) is 0 Å². The number of fused-ring (bicyclic) bond motifs is 4. The molecule has 2 aliphatic carbocycles. The average Bonchev–Trinajstić information content (AvgIpc) is 3.43. The number of phenols is 1. The van der Waals surface area contributed by atoms with E-state index in [0.29, 0.717) is 39.5 Å². The fraction of sp³-hybridized carbons (Fsp3) is 0.343. The SMILES string of the molecule is CCN1C(=O)C2CC=C3C(CC4C(=O)N(Nc5ncc(C(F)(F)F)cc5Cl)C(=O)C4(c4ccc(Cl)cc4)C3c3cccc(C)c3O)C2C1=O. The average molecular weight is 714 g/mol. The number of carbonyl (C=O) groups is 4. The van der Waals surface area contributed by atoms with Gasteiger partial charge in [-0.1, -0.05) is 65.2 Å². The van der Waals surface area contributed by atoms with Gasteiger partial charge >= 0.3 is 6.18 Å². The number of pyridine rings is 1. The minimum absolute atomic E-state index is 0.00773. The molecule has 1 saturated carbocycles. The van der Waals surface area contributed by atoms with Crippen molar-refractivity contribution in [3.63, 3.8) is 0 Å². The standard InChI is InChI=1S/C35H29Cl2F3N4O5/c1-3-43-30(46)21-12-11-20-23(26(21)32(43)48)14-24-31(47)44(42-29-25(37)13-18(15-41-29)35(38,39)40)33(49)34(24,17-7-9-19(36)10-8-17)27(20)22-6-4-5-16(2)28(22)45/h4-11,13,15,21,23-24,26-27,45H,3,12,14H2,1-2H3,(H,41,42). The van der Waals surface area contributed by atoms with Crippen LogP contribution in [-0.2, 0) is 30.8 Å². The number of phenolic OH excluding ortho intramolecular Hbond substituents is 1. The topological polar surface area (TPSA) is 120 Å². The van der Waals surface area contributed by atoms with Crippen LogP contribution in [0.1, 0.15) is 47.9 Å². The Kier molecular flexibility index (Phi) is 7.83. The first-order valence-corrected chi connectivity index (χ1v) is 16.4. The molecule has 6 atom stereocenters. The zero-order valence-electron chi connectivity index (χ0n) is 26.1. The Morgan fingerprint density at radius 2 is 1.73 bits per heavy atom. The normalized spacial score (nSPS) is 28.0. The molecule has 4 amide bonds. The molecule has 0 spiro atoms. The molecule has 4 aliphatic rings. The summed E-state index contributed by atoms with van der Waals surface area (Å²) in [7, 11) is 0. The summed E-state index contributed by atoms with van der Waals surface area (Å²) in [5, 5.41) is 12.2. The van der Waals surface area contributed by atoms with Gasteiger partial charge in [0.2, 0.25) is 11.8 Å². The summed E-state index contributed by atoms with van der Waals surface area (Å²) in [6, 6.07) is 12.1. The quantitative estimate of drug-likeness (QED) is 0.231. The van der Waals surface area contributed by atoms with Crippen molar-refractivity contribution in [2.75, 3.05) is 12.0 Å². The maximum Gasteiger partial charge on any atom is 0.417 e. The van der Waals surface area contributed by atoms with E-state index in [0.717, 1.165) is 5.01 Å². The van der Waals surface area contributed by atoms with Crippen molar-refractivity contribution in [2.45, 2.75) is 44.2 Å². The lowest BCUT2D eigenvalue weighted by atomic mass is 9.49. The minimum atomic E-state index is -4.74. The van der Waals surface area contributed by atoms with Crippen LogP contribution in [0.25, 0.3) is 0 Å². The number of aromatic hydroxyl groups is 1. The number of benzene rings is 2. The summed E-state index contributed by atoms with van der Waals surface area (Å²) >= 11 is 12.5. The van der Waals surface area contributed by atoms with E-state index in [2.05, 4.69) is 10.4 Å². The predicted molar refractivity (Wildman–Crippen MR) is 172 cm³/mol. The summed E-state index contributed by atoms with van der Waals surface area (Å²) in [5.74, 6) is -6.86. The molecule has 3 fully saturated rings. The Morgan fingerprint density at radius 3 is 2.39 bits per heavy atom. The van der Waals surface area contributed by atoms with E-state index < -0.39 is 63.6 Å². The van der Waals surface area contributed by atoms with Crippen LogP contribution in [0.2, 0.25) is 10.0 Å². The largest absolute Gasteiger partial charge is 0.507 e. The molecule has 6 unspecified atom stereocenters. The van der Waals surface area contributed by atoms with Crippen LogP contribution < -0.4 is 5.43 Å². The molecule has 2 saturated heterocycles. The Labute approximate surface area is 288 Å². The second-order valence-electron chi connectivity index (χ2n) is 12.9. The summed E-state index contributed by atoms with van der Waals surface area (Å²) < 4.78 is 40.1. The lowest BCUT2D eigenvalue weighted by Crippen LogP contribution is -2.53. The number of likely N-dealkylation sites (tertiary alicyclic amines) is 1. The molecule has 49 heavy (non-hydrogen) atoms. The van der Waals surface area contributed by atoms with Gasteiger partial charge in [-0.3, -0.25) is 29.5 Å². The number of aromatic nitrogens is 1. The molecule has 2 aromatic carbocycles. The highest BCUT2D eigenvalue weighted by molar-refractivity contribution is 6.33. The number of halogens is 5. The van der Waals surface area contributed by atoms with Crippen molar-refractivity contribution < 1.29 is 37.5 Å². The highest BCUT2D eigenvalue weighted by Crippen LogP contribution is 2.65. The van der Waals surface area contributed by atoms with Crippen LogP contribution in [0.4, 0.5) is 19.0 Å². The summed E-state index contributed by atoms with van der Waals surface area (Å²) in [5.41, 5.74) is 1.63. The van der Waals surface area contributed by atoms with Gasteiger partial charge in [0.15, 0.2) is 5.82 Å². The first kappa shape index (κ1) is 33.1. The van der Waals surface area contributed by atoms with Crippen LogP contribution in [-0.4, -0.2) is 50.2 Å². The molecule has 2 aliphatic heterocycles. The molecular formula is C35H29Cl2F3N4O5. The van der Waals surface area contributed by atoms with Crippen LogP contribution in [0.15, 0.2) is 66.4 Å². The Morgan fingerprint density at radius 1 is 1.02 bits per heavy atom. The van der Waals surface area contributed by atoms with Gasteiger partial charge in [-0.15, -0.1) is 0 Å². The number of nitrogens with one attached hydrogen (secondary N) is 1. The van der Waals surface area contributed by atoms with Crippen molar-refractivity contribution in [1.82, 2.24) is 14.9 Å². The number of imide groups is 2. The smallest absolute Gasteiger partial charge is 0.417 e. The lowest BCUT2D eigenvalue weighted by Gasteiger charge is -2.50. The fourth-order valence-corrected chi connectivity index (χ4v) is 8.75. The number of hydrogen-bond acceptors (Lipinski definition) is 7.